The van der Waals surface area contributed by atoms with Gasteiger partial charge in [-0.05, 0) is 53.7 Å². The summed E-state index contributed by atoms with van der Waals surface area (Å²) in [4.78, 5) is 2.28. The second-order valence-electron chi connectivity index (χ2n) is 5.15. The van der Waals surface area contributed by atoms with Crippen LogP contribution in [0.5, 0.6) is 5.75 Å². The van der Waals surface area contributed by atoms with Crippen LogP contribution in [0.3, 0.4) is 0 Å². The van der Waals surface area contributed by atoms with Crippen LogP contribution in [0, 0.1) is 0 Å². The van der Waals surface area contributed by atoms with Crippen LogP contribution in [0.1, 0.15) is 18.1 Å². The SMILES string of the molecule is CCNCc1cccc(OCCN(C)Cc2ccsc2)c1. The summed E-state index contributed by atoms with van der Waals surface area (Å²) < 4.78 is 5.85. The number of hydrogen-bond acceptors (Lipinski definition) is 4. The number of rotatable bonds is 9. The van der Waals surface area contributed by atoms with Crippen molar-refractivity contribution < 1.29 is 4.74 Å². The summed E-state index contributed by atoms with van der Waals surface area (Å²) in [5.74, 6) is 0.953. The third kappa shape index (κ3) is 5.87. The third-order valence-electron chi connectivity index (χ3n) is 3.25. The molecule has 2 rings (SSSR count). The average Bonchev–Trinajstić information content (AvgIpc) is 2.98. The van der Waals surface area contributed by atoms with Crippen LogP contribution in [0.25, 0.3) is 0 Å². The van der Waals surface area contributed by atoms with Gasteiger partial charge in [-0.3, -0.25) is 4.90 Å². The molecule has 1 aromatic carbocycles. The van der Waals surface area contributed by atoms with Crippen molar-refractivity contribution in [1.29, 1.82) is 0 Å². The van der Waals surface area contributed by atoms with Gasteiger partial charge in [-0.2, -0.15) is 11.3 Å². The van der Waals surface area contributed by atoms with E-state index in [-0.39, 0.29) is 0 Å². The molecule has 0 radical (unpaired) electrons. The van der Waals surface area contributed by atoms with Gasteiger partial charge in [0.15, 0.2) is 0 Å². The van der Waals surface area contributed by atoms with Crippen molar-refractivity contribution in [3.8, 4) is 5.75 Å². The lowest BCUT2D eigenvalue weighted by Gasteiger charge is -2.16. The van der Waals surface area contributed by atoms with Gasteiger partial charge in [0, 0.05) is 19.6 Å². The molecule has 0 aliphatic heterocycles. The molecule has 0 unspecified atom stereocenters. The zero-order valence-corrected chi connectivity index (χ0v) is 13.7. The Morgan fingerprint density at radius 1 is 1.24 bits per heavy atom. The first-order valence-electron chi connectivity index (χ1n) is 7.40. The molecule has 1 heterocycles. The smallest absolute Gasteiger partial charge is 0.119 e. The van der Waals surface area contributed by atoms with E-state index < -0.39 is 0 Å². The monoisotopic (exact) mass is 304 g/mol. The van der Waals surface area contributed by atoms with E-state index in [4.69, 9.17) is 4.74 Å². The molecular weight excluding hydrogens is 280 g/mol. The van der Waals surface area contributed by atoms with Crippen molar-refractivity contribution in [3.63, 3.8) is 0 Å². The quantitative estimate of drug-likeness (QED) is 0.769. The third-order valence-corrected chi connectivity index (χ3v) is 3.98. The van der Waals surface area contributed by atoms with Gasteiger partial charge in [0.25, 0.3) is 0 Å². The Morgan fingerprint density at radius 2 is 2.14 bits per heavy atom. The predicted molar refractivity (Wildman–Crippen MR) is 90.0 cm³/mol. The Bertz CT molecular complexity index is 513. The minimum Gasteiger partial charge on any atom is -0.492 e. The highest BCUT2D eigenvalue weighted by Crippen LogP contribution is 2.13. The molecule has 0 saturated heterocycles. The average molecular weight is 304 g/mol. The fourth-order valence-corrected chi connectivity index (χ4v) is 2.77. The predicted octanol–water partition coefficient (Wildman–Crippen LogP) is 3.37. The Hall–Kier alpha value is -1.36. The molecule has 1 aromatic heterocycles. The summed E-state index contributed by atoms with van der Waals surface area (Å²) in [7, 11) is 2.13. The minimum absolute atomic E-state index is 0.714. The van der Waals surface area contributed by atoms with E-state index in [0.717, 1.165) is 31.9 Å². The summed E-state index contributed by atoms with van der Waals surface area (Å²) in [6.07, 6.45) is 0. The van der Waals surface area contributed by atoms with Crippen molar-refractivity contribution in [2.75, 3.05) is 26.7 Å². The molecule has 3 nitrogen and oxygen atoms in total. The van der Waals surface area contributed by atoms with E-state index in [2.05, 4.69) is 59.2 Å². The van der Waals surface area contributed by atoms with Crippen LogP contribution in [-0.4, -0.2) is 31.6 Å². The van der Waals surface area contributed by atoms with Gasteiger partial charge in [-0.15, -0.1) is 0 Å². The molecular formula is C17H24N2OS. The maximum atomic E-state index is 5.85. The normalized spacial score (nSPS) is 11.0. The highest BCUT2D eigenvalue weighted by Gasteiger charge is 2.02. The molecule has 0 amide bonds. The summed E-state index contributed by atoms with van der Waals surface area (Å²) in [5, 5.41) is 7.64. The van der Waals surface area contributed by atoms with Crippen molar-refractivity contribution in [1.82, 2.24) is 10.2 Å². The second-order valence-corrected chi connectivity index (χ2v) is 5.93. The van der Waals surface area contributed by atoms with Crippen LogP contribution in [-0.2, 0) is 13.1 Å². The van der Waals surface area contributed by atoms with Crippen LogP contribution in [0.2, 0.25) is 0 Å². The van der Waals surface area contributed by atoms with Gasteiger partial charge in [0.05, 0.1) is 0 Å². The Morgan fingerprint density at radius 3 is 2.90 bits per heavy atom. The molecule has 0 fully saturated rings. The lowest BCUT2D eigenvalue weighted by Crippen LogP contribution is -2.23. The van der Waals surface area contributed by atoms with Gasteiger partial charge < -0.3 is 10.1 Å². The van der Waals surface area contributed by atoms with Gasteiger partial charge in [0.2, 0.25) is 0 Å². The number of benzene rings is 1. The molecule has 0 atom stereocenters. The molecule has 0 aliphatic rings. The second kappa shape index (κ2) is 8.82. The van der Waals surface area contributed by atoms with Gasteiger partial charge >= 0.3 is 0 Å². The van der Waals surface area contributed by atoms with E-state index in [1.165, 1.54) is 11.1 Å². The highest BCUT2D eigenvalue weighted by molar-refractivity contribution is 7.07. The van der Waals surface area contributed by atoms with E-state index in [1.807, 2.05) is 6.07 Å². The molecule has 114 valence electrons. The molecule has 0 saturated carbocycles. The zero-order valence-electron chi connectivity index (χ0n) is 12.8. The number of likely N-dealkylation sites (N-methyl/N-ethyl adjacent to an activating group) is 1. The van der Waals surface area contributed by atoms with Crippen LogP contribution in [0.4, 0.5) is 0 Å². The Labute approximate surface area is 131 Å². The lowest BCUT2D eigenvalue weighted by molar-refractivity contribution is 0.233. The topological polar surface area (TPSA) is 24.5 Å². The Balaban J connectivity index is 1.72. The zero-order chi connectivity index (χ0) is 14.9. The first-order valence-corrected chi connectivity index (χ1v) is 8.34. The molecule has 2 aromatic rings. The number of nitrogens with zero attached hydrogens (tertiary/aromatic N) is 1. The molecule has 4 heteroatoms. The first kappa shape index (κ1) is 16.0. The largest absolute Gasteiger partial charge is 0.492 e. The maximum absolute atomic E-state index is 5.85. The van der Waals surface area contributed by atoms with Crippen molar-refractivity contribution in [2.24, 2.45) is 0 Å². The lowest BCUT2D eigenvalue weighted by atomic mass is 10.2. The summed E-state index contributed by atoms with van der Waals surface area (Å²) >= 11 is 1.75. The summed E-state index contributed by atoms with van der Waals surface area (Å²) in [5.41, 5.74) is 2.64. The minimum atomic E-state index is 0.714. The van der Waals surface area contributed by atoms with E-state index in [9.17, 15) is 0 Å². The van der Waals surface area contributed by atoms with Gasteiger partial charge in [0.1, 0.15) is 12.4 Å². The summed E-state index contributed by atoms with van der Waals surface area (Å²) in [6, 6.07) is 10.5. The number of thiophene rings is 1. The molecule has 0 aliphatic carbocycles. The molecule has 1 N–H and O–H groups in total. The maximum Gasteiger partial charge on any atom is 0.119 e. The Kier molecular flexibility index (Phi) is 6.73. The van der Waals surface area contributed by atoms with Crippen molar-refractivity contribution in [2.45, 2.75) is 20.0 Å². The highest BCUT2D eigenvalue weighted by atomic mass is 32.1. The molecule has 0 bridgehead atoms. The van der Waals surface area contributed by atoms with Gasteiger partial charge in [-0.1, -0.05) is 19.1 Å². The van der Waals surface area contributed by atoms with Crippen LogP contribution >= 0.6 is 11.3 Å². The van der Waals surface area contributed by atoms with Crippen molar-refractivity contribution in [3.05, 3.63) is 52.2 Å². The van der Waals surface area contributed by atoms with Gasteiger partial charge in [-0.25, -0.2) is 0 Å². The number of hydrogen-bond donors (Lipinski definition) is 1. The first-order chi connectivity index (χ1) is 10.3. The summed E-state index contributed by atoms with van der Waals surface area (Å²) in [6.45, 7) is 6.61. The molecule has 0 spiro atoms. The van der Waals surface area contributed by atoms with Crippen molar-refractivity contribution >= 4 is 11.3 Å². The standard InChI is InChI=1S/C17H24N2OS/c1-3-18-12-15-5-4-6-17(11-15)20-9-8-19(2)13-16-7-10-21-14-16/h4-7,10-11,14,18H,3,8-9,12-13H2,1-2H3. The number of nitrogens with one attached hydrogen (secondary N) is 1. The van der Waals surface area contributed by atoms with E-state index in [1.54, 1.807) is 11.3 Å². The number of ether oxygens (including phenoxy) is 1. The fraction of sp³-hybridized carbons (Fsp3) is 0.412. The van der Waals surface area contributed by atoms with Crippen LogP contribution < -0.4 is 10.1 Å². The van der Waals surface area contributed by atoms with E-state index >= 15 is 0 Å². The van der Waals surface area contributed by atoms with Crippen LogP contribution in [0.15, 0.2) is 41.1 Å². The molecule has 21 heavy (non-hydrogen) atoms. The van der Waals surface area contributed by atoms with E-state index in [0.29, 0.717) is 6.61 Å². The fourth-order valence-electron chi connectivity index (χ4n) is 2.11.